The number of ketones is 1. The predicted octanol–water partition coefficient (Wildman–Crippen LogP) is 0.558. The number of carbonyl (C=O) groups excluding carboxylic acids is 1. The number of hydrogen-bond donors (Lipinski definition) is 2. The van der Waals surface area contributed by atoms with Crippen molar-refractivity contribution < 1.29 is 9.90 Å². The summed E-state index contributed by atoms with van der Waals surface area (Å²) < 4.78 is 1.57. The third-order valence-electron chi connectivity index (χ3n) is 2.34. The second-order valence-corrected chi connectivity index (χ2v) is 3.68. The minimum atomic E-state index is -0.474. The number of aromatic nitrogens is 2. The Morgan fingerprint density at radius 3 is 2.71 bits per heavy atom. The van der Waals surface area contributed by atoms with Gasteiger partial charge in [0.25, 0.3) is 0 Å². The van der Waals surface area contributed by atoms with E-state index in [1.807, 2.05) is 30.3 Å². The molecule has 0 saturated heterocycles. The number of aliphatic hydroxyl groups excluding tert-OH is 1. The standard InChI is InChI=1S/C12H13N3O2/c13-12-7-9(6-11(17)8-16)14-15(12)10-4-2-1-3-5-10/h1-5,7,16H,6,8,13H2. The zero-order valence-corrected chi connectivity index (χ0v) is 9.21. The minimum absolute atomic E-state index is 0.0978. The smallest absolute Gasteiger partial charge is 0.164 e. The molecule has 0 atom stereocenters. The SMILES string of the molecule is Nc1cc(CC(=O)CO)nn1-c1ccccc1. The van der Waals surface area contributed by atoms with Crippen LogP contribution >= 0.6 is 0 Å². The van der Waals surface area contributed by atoms with E-state index in [9.17, 15) is 4.79 Å². The summed E-state index contributed by atoms with van der Waals surface area (Å²) in [4.78, 5) is 11.1. The van der Waals surface area contributed by atoms with Crippen LogP contribution in [0.15, 0.2) is 36.4 Å². The minimum Gasteiger partial charge on any atom is -0.389 e. The number of benzene rings is 1. The van der Waals surface area contributed by atoms with Gasteiger partial charge in [0, 0.05) is 6.07 Å². The third-order valence-corrected chi connectivity index (χ3v) is 2.34. The lowest BCUT2D eigenvalue weighted by Gasteiger charge is -2.02. The van der Waals surface area contributed by atoms with Gasteiger partial charge in [-0.1, -0.05) is 18.2 Å². The number of aliphatic hydroxyl groups is 1. The number of nitrogens with zero attached hydrogens (tertiary/aromatic N) is 2. The Hall–Kier alpha value is -2.14. The molecule has 0 aliphatic carbocycles. The van der Waals surface area contributed by atoms with Crippen LogP contribution in [0.3, 0.4) is 0 Å². The quantitative estimate of drug-likeness (QED) is 0.805. The van der Waals surface area contributed by atoms with Gasteiger partial charge in [-0.05, 0) is 12.1 Å². The topological polar surface area (TPSA) is 81.1 Å². The zero-order chi connectivity index (χ0) is 12.3. The van der Waals surface area contributed by atoms with Crippen LogP contribution < -0.4 is 5.73 Å². The van der Waals surface area contributed by atoms with Crippen molar-refractivity contribution in [3.05, 3.63) is 42.1 Å². The highest BCUT2D eigenvalue weighted by atomic mass is 16.3. The van der Waals surface area contributed by atoms with Gasteiger partial charge in [0.2, 0.25) is 0 Å². The molecule has 1 aromatic heterocycles. The van der Waals surface area contributed by atoms with E-state index in [1.165, 1.54) is 0 Å². The Balaban J connectivity index is 2.28. The fourth-order valence-corrected chi connectivity index (χ4v) is 1.57. The third kappa shape index (κ3) is 2.51. The first-order valence-electron chi connectivity index (χ1n) is 5.23. The van der Waals surface area contributed by atoms with Gasteiger partial charge in [0.15, 0.2) is 5.78 Å². The van der Waals surface area contributed by atoms with E-state index in [4.69, 9.17) is 10.8 Å². The molecule has 0 saturated carbocycles. The monoisotopic (exact) mass is 231 g/mol. The molecule has 2 rings (SSSR count). The molecule has 3 N–H and O–H groups in total. The van der Waals surface area contributed by atoms with Crippen molar-refractivity contribution in [2.75, 3.05) is 12.3 Å². The number of rotatable bonds is 4. The number of nitrogens with two attached hydrogens (primary N) is 1. The highest BCUT2D eigenvalue weighted by Gasteiger charge is 2.09. The summed E-state index contributed by atoms with van der Waals surface area (Å²) in [7, 11) is 0. The van der Waals surface area contributed by atoms with Crippen LogP contribution in [-0.4, -0.2) is 27.3 Å². The molecule has 1 aromatic carbocycles. The van der Waals surface area contributed by atoms with E-state index < -0.39 is 6.61 Å². The molecule has 5 heteroatoms. The zero-order valence-electron chi connectivity index (χ0n) is 9.21. The average molecular weight is 231 g/mol. The van der Waals surface area contributed by atoms with Crippen molar-refractivity contribution in [2.45, 2.75) is 6.42 Å². The maximum Gasteiger partial charge on any atom is 0.164 e. The van der Waals surface area contributed by atoms with Gasteiger partial charge in [0.05, 0.1) is 17.8 Å². The highest BCUT2D eigenvalue weighted by molar-refractivity contribution is 5.81. The van der Waals surface area contributed by atoms with Crippen molar-refractivity contribution >= 4 is 11.6 Å². The highest BCUT2D eigenvalue weighted by Crippen LogP contribution is 2.14. The second-order valence-electron chi connectivity index (χ2n) is 3.68. The summed E-state index contributed by atoms with van der Waals surface area (Å²) in [6.07, 6.45) is 0.0978. The molecule has 0 fully saturated rings. The molecule has 1 heterocycles. The summed E-state index contributed by atoms with van der Waals surface area (Å²) in [5, 5.41) is 12.9. The molecule has 0 aliphatic heterocycles. The Kier molecular flexibility index (Phi) is 3.20. The van der Waals surface area contributed by atoms with Crippen LogP contribution in [-0.2, 0) is 11.2 Å². The Morgan fingerprint density at radius 1 is 1.35 bits per heavy atom. The number of Topliss-reactive ketones (excluding diaryl/α,β-unsaturated/α-hetero) is 1. The molecule has 0 bridgehead atoms. The van der Waals surface area contributed by atoms with Crippen molar-refractivity contribution in [1.82, 2.24) is 9.78 Å². The normalized spacial score (nSPS) is 10.4. The van der Waals surface area contributed by atoms with Gasteiger partial charge >= 0.3 is 0 Å². The van der Waals surface area contributed by atoms with Crippen molar-refractivity contribution in [3.63, 3.8) is 0 Å². The van der Waals surface area contributed by atoms with Crippen LogP contribution in [0.2, 0.25) is 0 Å². The summed E-state index contributed by atoms with van der Waals surface area (Å²) in [5.41, 5.74) is 7.22. The largest absolute Gasteiger partial charge is 0.389 e. The molecule has 2 aromatic rings. The van der Waals surface area contributed by atoms with Crippen LogP contribution in [0.1, 0.15) is 5.69 Å². The first kappa shape index (κ1) is 11.3. The lowest BCUT2D eigenvalue weighted by atomic mass is 10.2. The van der Waals surface area contributed by atoms with Crippen LogP contribution in [0.25, 0.3) is 5.69 Å². The number of anilines is 1. The lowest BCUT2D eigenvalue weighted by Crippen LogP contribution is -2.08. The first-order chi connectivity index (χ1) is 8.20. The summed E-state index contributed by atoms with van der Waals surface area (Å²) >= 11 is 0. The number of hydrogen-bond acceptors (Lipinski definition) is 4. The first-order valence-corrected chi connectivity index (χ1v) is 5.23. The van der Waals surface area contributed by atoms with Gasteiger partial charge in [0.1, 0.15) is 12.4 Å². The lowest BCUT2D eigenvalue weighted by molar-refractivity contribution is -0.121. The molecule has 5 nitrogen and oxygen atoms in total. The number of carbonyl (C=O) groups is 1. The number of para-hydroxylation sites is 1. The Morgan fingerprint density at radius 2 is 2.06 bits per heavy atom. The van der Waals surface area contributed by atoms with E-state index in [0.29, 0.717) is 11.5 Å². The van der Waals surface area contributed by atoms with E-state index >= 15 is 0 Å². The van der Waals surface area contributed by atoms with Gasteiger partial charge in [-0.25, -0.2) is 4.68 Å². The fraction of sp³-hybridized carbons (Fsp3) is 0.167. The van der Waals surface area contributed by atoms with Crippen LogP contribution in [0.5, 0.6) is 0 Å². The Labute approximate surface area is 98.5 Å². The van der Waals surface area contributed by atoms with Crippen molar-refractivity contribution in [3.8, 4) is 5.69 Å². The Bertz CT molecular complexity index is 520. The molecule has 0 aliphatic rings. The molecule has 0 radical (unpaired) electrons. The van der Waals surface area contributed by atoms with E-state index in [1.54, 1.807) is 10.7 Å². The summed E-state index contributed by atoms with van der Waals surface area (Å²) in [6, 6.07) is 11.1. The second kappa shape index (κ2) is 4.80. The molecule has 0 spiro atoms. The van der Waals surface area contributed by atoms with E-state index in [0.717, 1.165) is 5.69 Å². The summed E-state index contributed by atoms with van der Waals surface area (Å²) in [5.74, 6) is 0.194. The average Bonchev–Trinajstić information content (AvgIpc) is 2.71. The van der Waals surface area contributed by atoms with Crippen molar-refractivity contribution in [1.29, 1.82) is 0 Å². The molecule has 17 heavy (non-hydrogen) atoms. The molecule has 0 unspecified atom stereocenters. The molecular formula is C12H13N3O2. The predicted molar refractivity (Wildman–Crippen MR) is 63.8 cm³/mol. The maximum atomic E-state index is 11.1. The van der Waals surface area contributed by atoms with Gasteiger partial charge < -0.3 is 10.8 Å². The number of nitrogen functional groups attached to an aromatic ring is 1. The molecule has 88 valence electrons. The van der Waals surface area contributed by atoms with Crippen LogP contribution in [0, 0.1) is 0 Å². The molecule has 0 amide bonds. The van der Waals surface area contributed by atoms with Gasteiger partial charge in [-0.15, -0.1) is 0 Å². The van der Waals surface area contributed by atoms with Gasteiger partial charge in [-0.2, -0.15) is 5.10 Å². The van der Waals surface area contributed by atoms with Crippen molar-refractivity contribution in [2.24, 2.45) is 0 Å². The fourth-order valence-electron chi connectivity index (χ4n) is 1.57. The van der Waals surface area contributed by atoms with E-state index in [2.05, 4.69) is 5.10 Å². The van der Waals surface area contributed by atoms with Crippen LogP contribution in [0.4, 0.5) is 5.82 Å². The summed E-state index contributed by atoms with van der Waals surface area (Å²) in [6.45, 7) is -0.474. The van der Waals surface area contributed by atoms with E-state index in [-0.39, 0.29) is 12.2 Å². The molecular weight excluding hydrogens is 218 g/mol. The maximum absolute atomic E-state index is 11.1. The van der Waals surface area contributed by atoms with Gasteiger partial charge in [-0.3, -0.25) is 4.79 Å².